The maximum absolute atomic E-state index is 14.2. The molecule has 302 valence electrons. The highest BCUT2D eigenvalue weighted by molar-refractivity contribution is 7.85. The van der Waals surface area contributed by atoms with Crippen molar-refractivity contribution in [1.29, 1.82) is 0 Å². The minimum absolute atomic E-state index is 0.0507. The van der Waals surface area contributed by atoms with Crippen molar-refractivity contribution >= 4 is 62.5 Å². The van der Waals surface area contributed by atoms with Crippen LogP contribution in [0.1, 0.15) is 89.3 Å². The van der Waals surface area contributed by atoms with Crippen LogP contribution in [-0.4, -0.2) is 82.7 Å². The van der Waals surface area contributed by atoms with Gasteiger partial charge in [0.25, 0.3) is 15.7 Å². The lowest BCUT2D eigenvalue weighted by molar-refractivity contribution is -0.189. The number of carbonyl (C=O) groups is 4. The van der Waals surface area contributed by atoms with Gasteiger partial charge in [0.1, 0.15) is 12.6 Å². The first-order valence-corrected chi connectivity index (χ1v) is 20.4. The monoisotopic (exact) mass is 796 g/mol. The summed E-state index contributed by atoms with van der Waals surface area (Å²) in [4.78, 5) is 77.4. The van der Waals surface area contributed by atoms with Crippen LogP contribution in [0.3, 0.4) is 0 Å². The van der Waals surface area contributed by atoms with Crippen molar-refractivity contribution in [2.24, 2.45) is 16.6 Å². The van der Waals surface area contributed by atoms with E-state index in [-0.39, 0.29) is 48.6 Å². The van der Waals surface area contributed by atoms with Crippen LogP contribution >= 0.6 is 0 Å². The van der Waals surface area contributed by atoms with Gasteiger partial charge in [0, 0.05) is 24.1 Å². The van der Waals surface area contributed by atoms with Gasteiger partial charge in [-0.3, -0.25) is 18.9 Å². The second kappa shape index (κ2) is 16.9. The van der Waals surface area contributed by atoms with Crippen molar-refractivity contribution < 1.29 is 46.7 Å². The Morgan fingerprint density at radius 3 is 2.50 bits per heavy atom. The molecule has 3 aromatic rings. The van der Waals surface area contributed by atoms with Crippen molar-refractivity contribution in [2.75, 3.05) is 17.7 Å². The molecule has 5 heterocycles. The first kappa shape index (κ1) is 42.0. The molecule has 2 aromatic heterocycles. The van der Waals surface area contributed by atoms with E-state index >= 15 is 0 Å². The van der Waals surface area contributed by atoms with Crippen LogP contribution in [0, 0.1) is 5.92 Å². The van der Waals surface area contributed by atoms with E-state index in [0.29, 0.717) is 24.1 Å². The van der Waals surface area contributed by atoms with Crippen LogP contribution in [0.4, 0.5) is 11.4 Å². The fraction of sp³-hybridized carbons (Fsp3) is 0.500. The topological polar surface area (TPSA) is 250 Å². The van der Waals surface area contributed by atoms with Crippen LogP contribution in [-0.2, 0) is 57.5 Å². The number of cyclic esters (lactones) is 1. The van der Waals surface area contributed by atoms with Crippen molar-refractivity contribution in [1.82, 2.24) is 14.9 Å². The Balaban J connectivity index is 0.00000113. The van der Waals surface area contributed by atoms with Gasteiger partial charge in [-0.05, 0) is 49.8 Å². The Bertz CT molecular complexity index is 2250. The zero-order valence-corrected chi connectivity index (χ0v) is 32.8. The first-order valence-electron chi connectivity index (χ1n) is 18.5. The molecule has 1 aromatic carbocycles. The van der Waals surface area contributed by atoms with Gasteiger partial charge in [-0.1, -0.05) is 46.6 Å². The number of fused-ring (bicyclic) bond motifs is 5. The summed E-state index contributed by atoms with van der Waals surface area (Å²) in [5.41, 5.74) is 8.39. The second-order valence-electron chi connectivity index (χ2n) is 14.6. The quantitative estimate of drug-likeness (QED) is 0.0810. The molecular weight excluding hydrogens is 749 g/mol. The summed E-state index contributed by atoms with van der Waals surface area (Å²) in [7, 11) is -3.67. The fourth-order valence-corrected chi connectivity index (χ4v) is 7.22. The normalized spacial score (nSPS) is 17.6. The van der Waals surface area contributed by atoms with Gasteiger partial charge >= 0.3 is 17.9 Å². The summed E-state index contributed by atoms with van der Waals surface area (Å²) in [5.74, 6) is -3.59. The van der Waals surface area contributed by atoms with Crippen molar-refractivity contribution in [3.8, 4) is 11.4 Å². The van der Waals surface area contributed by atoms with E-state index in [1.54, 1.807) is 17.6 Å². The average Bonchev–Trinajstić information content (AvgIpc) is 3.49. The Kier molecular flexibility index (Phi) is 12.7. The van der Waals surface area contributed by atoms with E-state index < -0.39 is 58.0 Å². The molecule has 0 spiro atoms. The Hall–Kier alpha value is -5.20. The number of anilines is 1. The van der Waals surface area contributed by atoms with Gasteiger partial charge in [0.15, 0.2) is 0 Å². The molecule has 0 saturated carbocycles. The highest BCUT2D eigenvalue weighted by Gasteiger charge is 2.50. The molecule has 0 fully saturated rings. The summed E-state index contributed by atoms with van der Waals surface area (Å²) in [6.45, 7) is 8.26. The number of pyridine rings is 2. The molecule has 56 heavy (non-hydrogen) atoms. The minimum atomic E-state index is -3.67. The highest BCUT2D eigenvalue weighted by atomic mass is 32.2. The van der Waals surface area contributed by atoms with E-state index in [0.717, 1.165) is 53.6 Å². The number of esters is 2. The number of unbranched alkanes of at least 4 members (excludes halogenated alkanes) is 2. The zero-order valence-electron chi connectivity index (χ0n) is 32.0. The third-order valence-electron chi connectivity index (χ3n) is 9.86. The molecule has 18 heteroatoms. The molecular formula is C38H48N6O11S. The van der Waals surface area contributed by atoms with E-state index in [9.17, 15) is 37.5 Å². The minimum Gasteiger partial charge on any atom is -0.480 e. The summed E-state index contributed by atoms with van der Waals surface area (Å²) in [6, 6.07) is 5.11. The van der Waals surface area contributed by atoms with Crippen LogP contribution in [0.25, 0.3) is 22.3 Å². The van der Waals surface area contributed by atoms with E-state index in [4.69, 9.17) is 29.7 Å². The lowest BCUT2D eigenvalue weighted by atomic mass is 9.85. The maximum Gasteiger partial charge on any atom is 0.355 e. The van der Waals surface area contributed by atoms with Crippen molar-refractivity contribution in [2.45, 2.75) is 103 Å². The Labute approximate surface area is 324 Å². The molecule has 0 unspecified atom stereocenters. The number of nitrogens with two attached hydrogens (primary N) is 1. The van der Waals surface area contributed by atoms with Crippen LogP contribution < -0.4 is 21.5 Å². The number of aromatic nitrogens is 2. The van der Waals surface area contributed by atoms with Gasteiger partial charge in [-0.2, -0.15) is 8.42 Å². The Morgan fingerprint density at radius 1 is 1.14 bits per heavy atom. The number of nitrogens with zero attached hydrogens (tertiary/aromatic N) is 4. The van der Waals surface area contributed by atoms with Gasteiger partial charge in [-0.25, -0.2) is 19.6 Å². The predicted molar refractivity (Wildman–Crippen MR) is 207 cm³/mol. The molecule has 0 aliphatic carbocycles. The van der Waals surface area contributed by atoms with Crippen molar-refractivity contribution in [3.63, 3.8) is 0 Å². The third-order valence-corrected chi connectivity index (χ3v) is 9.86. The number of hydrogen-bond acceptors (Lipinski definition) is 13. The van der Waals surface area contributed by atoms with Gasteiger partial charge in [-0.15, -0.1) is 0 Å². The number of rotatable bonds is 14. The summed E-state index contributed by atoms with van der Waals surface area (Å²) < 4.78 is 38.8. The largest absolute Gasteiger partial charge is 0.480 e. The summed E-state index contributed by atoms with van der Waals surface area (Å²) in [5, 5.41) is 13.1. The number of benzene rings is 1. The number of carbonyl (C=O) groups excluding carboxylic acids is 3. The van der Waals surface area contributed by atoms with E-state index in [2.05, 4.69) is 17.1 Å². The number of nitrogens with one attached hydrogen (secondary N) is 1. The number of carboxylic acids is 1. The fourth-order valence-electron chi connectivity index (χ4n) is 7.22. The molecule has 0 saturated heterocycles. The average molecular weight is 797 g/mol. The molecule has 3 aliphatic rings. The van der Waals surface area contributed by atoms with Crippen molar-refractivity contribution in [3.05, 3.63) is 51.3 Å². The third kappa shape index (κ3) is 8.76. The molecule has 3 aliphatic heterocycles. The molecule has 1 amide bonds. The first-order chi connectivity index (χ1) is 26.4. The lowest BCUT2D eigenvalue weighted by Crippen LogP contribution is -2.49. The standard InChI is InChI=1S/C37H44N6O8.CH4O3S/c1-5-7-8-14-42-19-39-25-10-9-11-26-30(25)32(42)21-17-43-28(31(21)40-26)16-23-22(34(43)46)18-50-36(49)37(23,6-2)51-29(44)13-12-27(35(47)48)41-33(45)24(38)15-20(3)4;1-5(2,3)4/h9-11,16,19-20,24,27H,5-8,12-15,17-18,38H2,1-4H3,(H,41,45)(H,47,48);1H3,(H,2,3,4)/t24-,27-,37-;/m0./s1. The van der Waals surface area contributed by atoms with Crippen LogP contribution in [0.15, 0.2) is 34.1 Å². The number of amides is 1. The SMILES string of the molecule is CCCCCN1C=Nc2cccc3nc4c(c1c23)Cn1c-4cc2c(c1=O)COC(=O)[C@@]2(CC)OC(=O)CC[C@H](NC(=O)[C@@H](N)CC(C)C)C(=O)O.CS(=O)(=O)O. The molecule has 0 radical (unpaired) electrons. The van der Waals surface area contributed by atoms with Crippen LogP contribution in [0.2, 0.25) is 0 Å². The van der Waals surface area contributed by atoms with Gasteiger partial charge in [0.05, 0.1) is 64.4 Å². The number of carboxylic acid groups (broad SMARTS) is 1. The number of aliphatic imine (C=N–C) groups is 1. The van der Waals surface area contributed by atoms with E-state index in [1.807, 2.05) is 38.4 Å². The van der Waals surface area contributed by atoms with Gasteiger partial charge < -0.3 is 35.1 Å². The Morgan fingerprint density at radius 2 is 1.86 bits per heavy atom. The maximum atomic E-state index is 14.2. The van der Waals surface area contributed by atoms with E-state index in [1.165, 1.54) is 0 Å². The molecule has 5 N–H and O–H groups in total. The summed E-state index contributed by atoms with van der Waals surface area (Å²) >= 11 is 0. The molecule has 17 nitrogen and oxygen atoms in total. The number of hydrogen-bond donors (Lipinski definition) is 4. The number of ether oxygens (including phenoxy) is 2. The smallest absolute Gasteiger partial charge is 0.355 e. The molecule has 6 rings (SSSR count). The predicted octanol–water partition coefficient (Wildman–Crippen LogP) is 3.53. The number of aliphatic carboxylic acids is 1. The summed E-state index contributed by atoms with van der Waals surface area (Å²) in [6.07, 6.45) is 5.17. The molecule has 0 bridgehead atoms. The molecule has 3 atom stereocenters. The van der Waals surface area contributed by atoms with Crippen LogP contribution in [0.5, 0.6) is 0 Å². The lowest BCUT2D eigenvalue weighted by Gasteiger charge is -2.35. The second-order valence-corrected chi connectivity index (χ2v) is 16.0. The highest BCUT2D eigenvalue weighted by Crippen LogP contribution is 2.47. The van der Waals surface area contributed by atoms with Gasteiger partial charge in [0.2, 0.25) is 11.5 Å². The zero-order chi connectivity index (χ0) is 41.1.